The van der Waals surface area contributed by atoms with Gasteiger partial charge in [0.15, 0.2) is 5.65 Å². The highest BCUT2D eigenvalue weighted by molar-refractivity contribution is 5.84. The quantitative estimate of drug-likeness (QED) is 0.0722. The summed E-state index contributed by atoms with van der Waals surface area (Å²) in [6.45, 7) is 6.54. The molecular formula is C25H42N8O7. The standard InChI is InChI=1S/C25H42N8O7/c26-24-23-20-31-33(25(23)29-21-28-24)7-3-1-2-4-22(34)5-8-35-10-12-37-14-16-39-18-19-40-17-15-38-13-11-36-9-6-30-32-27/h20-21H,1-19H2,(H2,26,28,29). The smallest absolute Gasteiger partial charge is 0.163 e. The molecule has 0 radical (unpaired) electrons. The number of anilines is 1. The minimum absolute atomic E-state index is 0.209. The molecule has 2 rings (SSSR count). The first-order chi connectivity index (χ1) is 19.7. The Morgan fingerprint density at radius 1 is 0.800 bits per heavy atom. The number of fused-ring (bicyclic) bond motifs is 1. The normalized spacial score (nSPS) is 11.2. The number of aromatic nitrogens is 4. The van der Waals surface area contributed by atoms with Gasteiger partial charge in [0.2, 0.25) is 0 Å². The maximum absolute atomic E-state index is 12.0. The fourth-order valence-electron chi connectivity index (χ4n) is 3.50. The van der Waals surface area contributed by atoms with Crippen LogP contribution in [0.3, 0.4) is 0 Å². The predicted octanol–water partition coefficient (Wildman–Crippen LogP) is 2.34. The largest absolute Gasteiger partial charge is 0.383 e. The average Bonchev–Trinajstić information content (AvgIpc) is 3.38. The lowest BCUT2D eigenvalue weighted by Crippen LogP contribution is -2.14. The van der Waals surface area contributed by atoms with Crippen LogP contribution in [0.2, 0.25) is 0 Å². The van der Waals surface area contributed by atoms with Gasteiger partial charge in [-0.2, -0.15) is 5.10 Å². The van der Waals surface area contributed by atoms with Gasteiger partial charge in [-0.25, -0.2) is 14.6 Å². The van der Waals surface area contributed by atoms with Crippen molar-refractivity contribution in [3.63, 3.8) is 0 Å². The van der Waals surface area contributed by atoms with Crippen LogP contribution < -0.4 is 5.73 Å². The van der Waals surface area contributed by atoms with Crippen LogP contribution in [0.15, 0.2) is 17.6 Å². The first-order valence-electron chi connectivity index (χ1n) is 13.6. The Morgan fingerprint density at radius 2 is 1.38 bits per heavy atom. The molecule has 2 aromatic rings. The number of rotatable bonds is 27. The number of hydrogen-bond donors (Lipinski definition) is 1. The van der Waals surface area contributed by atoms with Gasteiger partial charge in [0, 0.05) is 30.8 Å². The summed E-state index contributed by atoms with van der Waals surface area (Å²) in [5, 5.41) is 8.45. The lowest BCUT2D eigenvalue weighted by atomic mass is 10.1. The fraction of sp³-hybridized carbons (Fsp3) is 0.760. The number of nitrogens with two attached hydrogens (primary N) is 1. The summed E-state index contributed by atoms with van der Waals surface area (Å²) in [6, 6.07) is 0. The minimum Gasteiger partial charge on any atom is -0.383 e. The molecule has 15 nitrogen and oxygen atoms in total. The van der Waals surface area contributed by atoms with Crippen molar-refractivity contribution in [2.75, 3.05) is 91.6 Å². The van der Waals surface area contributed by atoms with E-state index in [2.05, 4.69) is 25.1 Å². The first-order valence-corrected chi connectivity index (χ1v) is 13.6. The van der Waals surface area contributed by atoms with Gasteiger partial charge in [-0.1, -0.05) is 11.5 Å². The molecule has 0 spiro atoms. The van der Waals surface area contributed by atoms with Gasteiger partial charge in [-0.3, -0.25) is 4.79 Å². The fourth-order valence-corrected chi connectivity index (χ4v) is 3.50. The zero-order valence-electron chi connectivity index (χ0n) is 23.2. The number of ether oxygens (including phenoxy) is 6. The third-order valence-corrected chi connectivity index (χ3v) is 5.57. The monoisotopic (exact) mass is 566 g/mol. The summed E-state index contributed by atoms with van der Waals surface area (Å²) in [7, 11) is 0. The molecule has 0 bridgehead atoms. The predicted molar refractivity (Wildman–Crippen MR) is 147 cm³/mol. The van der Waals surface area contributed by atoms with Gasteiger partial charge < -0.3 is 34.2 Å². The van der Waals surface area contributed by atoms with Crippen molar-refractivity contribution in [3.8, 4) is 0 Å². The molecule has 0 atom stereocenters. The number of nitrogens with zero attached hydrogens (tertiary/aromatic N) is 7. The summed E-state index contributed by atoms with van der Waals surface area (Å²) in [6.07, 6.45) is 6.78. The Bertz CT molecular complexity index is 987. The van der Waals surface area contributed by atoms with Crippen LogP contribution in [0, 0.1) is 0 Å². The number of aryl methyl sites for hydroxylation is 1. The lowest BCUT2D eigenvalue weighted by molar-refractivity contribution is -0.120. The van der Waals surface area contributed by atoms with Crippen LogP contribution in [0.4, 0.5) is 5.82 Å². The van der Waals surface area contributed by atoms with E-state index in [0.29, 0.717) is 104 Å². The third kappa shape index (κ3) is 15.6. The highest BCUT2D eigenvalue weighted by atomic mass is 16.6. The number of Topliss-reactive ketones (excluding diaryl/α,β-unsaturated/α-hetero) is 1. The van der Waals surface area contributed by atoms with E-state index in [1.807, 2.05) is 4.68 Å². The van der Waals surface area contributed by atoms with E-state index < -0.39 is 0 Å². The Hall–Kier alpha value is -2.91. The minimum atomic E-state index is 0.209. The summed E-state index contributed by atoms with van der Waals surface area (Å²) < 4.78 is 34.2. The van der Waals surface area contributed by atoms with Crippen molar-refractivity contribution in [2.45, 2.75) is 38.6 Å². The van der Waals surface area contributed by atoms with Crippen molar-refractivity contribution >= 4 is 22.6 Å². The Morgan fingerprint density at radius 3 is 1.98 bits per heavy atom. The van der Waals surface area contributed by atoms with E-state index in [9.17, 15) is 4.79 Å². The second kappa shape index (κ2) is 22.9. The van der Waals surface area contributed by atoms with Crippen LogP contribution in [0.1, 0.15) is 32.1 Å². The van der Waals surface area contributed by atoms with Gasteiger partial charge in [-0.05, 0) is 18.4 Å². The molecule has 0 amide bonds. The topological polar surface area (TPSA) is 191 Å². The lowest BCUT2D eigenvalue weighted by Gasteiger charge is -2.08. The highest BCUT2D eigenvalue weighted by Gasteiger charge is 2.07. The molecule has 0 unspecified atom stereocenters. The van der Waals surface area contributed by atoms with Gasteiger partial charge in [0.1, 0.15) is 17.9 Å². The second-order valence-electron chi connectivity index (χ2n) is 8.59. The number of carbonyl (C=O) groups is 1. The van der Waals surface area contributed by atoms with Crippen LogP contribution in [-0.2, 0) is 39.8 Å². The van der Waals surface area contributed by atoms with Crippen molar-refractivity contribution in [3.05, 3.63) is 23.0 Å². The maximum atomic E-state index is 12.0. The first kappa shape index (κ1) is 33.3. The van der Waals surface area contributed by atoms with E-state index in [4.69, 9.17) is 39.7 Å². The third-order valence-electron chi connectivity index (χ3n) is 5.57. The van der Waals surface area contributed by atoms with E-state index in [1.54, 1.807) is 6.20 Å². The summed E-state index contributed by atoms with van der Waals surface area (Å²) in [5.74, 6) is 0.642. The van der Waals surface area contributed by atoms with Gasteiger partial charge in [0.05, 0.1) is 90.9 Å². The Kier molecular flexibility index (Phi) is 19.0. The SMILES string of the molecule is [N-]=[N+]=NCCOCCOCCOCCOCCOCCOCCC(=O)CCCCCn1ncc2c(N)ncnc21. The molecule has 224 valence electrons. The van der Waals surface area contributed by atoms with Gasteiger partial charge in [-0.15, -0.1) is 0 Å². The van der Waals surface area contributed by atoms with E-state index in [-0.39, 0.29) is 5.78 Å². The molecule has 2 aromatic heterocycles. The maximum Gasteiger partial charge on any atom is 0.163 e. The number of azide groups is 1. The molecule has 40 heavy (non-hydrogen) atoms. The zero-order valence-corrected chi connectivity index (χ0v) is 23.2. The molecule has 0 aliphatic carbocycles. The van der Waals surface area contributed by atoms with Crippen LogP contribution in [0.25, 0.3) is 21.5 Å². The van der Waals surface area contributed by atoms with Crippen LogP contribution in [0.5, 0.6) is 0 Å². The second-order valence-corrected chi connectivity index (χ2v) is 8.59. The van der Waals surface area contributed by atoms with E-state index in [1.165, 1.54) is 6.33 Å². The molecule has 0 aromatic carbocycles. The molecule has 15 heteroatoms. The summed E-state index contributed by atoms with van der Waals surface area (Å²) >= 11 is 0. The number of carbonyl (C=O) groups excluding carboxylic acids is 1. The number of unbranched alkanes of at least 4 members (excludes halogenated alkanes) is 2. The Labute approximate surface area is 234 Å². The average molecular weight is 567 g/mol. The molecule has 2 N–H and O–H groups in total. The van der Waals surface area contributed by atoms with E-state index >= 15 is 0 Å². The molecule has 0 aliphatic rings. The molecule has 0 saturated carbocycles. The van der Waals surface area contributed by atoms with Gasteiger partial charge >= 0.3 is 0 Å². The van der Waals surface area contributed by atoms with Crippen molar-refractivity contribution in [1.82, 2.24) is 19.7 Å². The van der Waals surface area contributed by atoms with Crippen LogP contribution in [-0.4, -0.2) is 111 Å². The van der Waals surface area contributed by atoms with E-state index in [0.717, 1.165) is 36.8 Å². The highest BCUT2D eigenvalue weighted by Crippen LogP contribution is 2.16. The van der Waals surface area contributed by atoms with Gasteiger partial charge in [0.25, 0.3) is 0 Å². The van der Waals surface area contributed by atoms with Crippen LogP contribution >= 0.6 is 0 Å². The number of nitrogen functional groups attached to an aromatic ring is 1. The van der Waals surface area contributed by atoms with Crippen molar-refractivity contribution in [2.24, 2.45) is 5.11 Å². The summed E-state index contributed by atoms with van der Waals surface area (Å²) in [4.78, 5) is 22.9. The molecule has 2 heterocycles. The number of hydrogen-bond acceptors (Lipinski definition) is 12. The molecular weight excluding hydrogens is 524 g/mol. The zero-order chi connectivity index (χ0) is 28.5. The molecule has 0 aliphatic heterocycles. The summed E-state index contributed by atoms with van der Waals surface area (Å²) in [5.41, 5.74) is 14.7. The molecule has 0 saturated heterocycles. The van der Waals surface area contributed by atoms with Crippen molar-refractivity contribution < 1.29 is 33.2 Å². The Balaban J connectivity index is 1.26. The van der Waals surface area contributed by atoms with Crippen molar-refractivity contribution in [1.29, 1.82) is 0 Å². The number of ketones is 1. The molecule has 0 fully saturated rings.